The predicted molar refractivity (Wildman–Crippen MR) is 83.5 cm³/mol. The number of unbranched alkanes of at least 4 members (excludes halogenated alkanes) is 1. The molecule has 3 nitrogen and oxygen atoms in total. The predicted octanol–water partition coefficient (Wildman–Crippen LogP) is 4.17. The summed E-state index contributed by atoms with van der Waals surface area (Å²) in [7, 11) is 0. The molecular weight excluding hydrogens is 272 g/mol. The molecule has 1 heterocycles. The minimum absolute atomic E-state index is 0.0786. The van der Waals surface area contributed by atoms with Crippen molar-refractivity contribution < 1.29 is 5.11 Å². The lowest BCUT2D eigenvalue weighted by Crippen LogP contribution is -2.19. The topological polar surface area (TPSA) is 36.4 Å². The van der Waals surface area contributed by atoms with Crippen molar-refractivity contribution >= 4 is 23.1 Å². The lowest BCUT2D eigenvalue weighted by molar-refractivity contribution is 0.282. The van der Waals surface area contributed by atoms with Gasteiger partial charge in [0, 0.05) is 24.0 Å². The number of hydrogen-bond acceptors (Lipinski definition) is 3. The summed E-state index contributed by atoms with van der Waals surface area (Å²) in [6.07, 6.45) is 3.79. The first kappa shape index (κ1) is 14.8. The summed E-state index contributed by atoms with van der Waals surface area (Å²) in [4.78, 5) is 6.55. The van der Waals surface area contributed by atoms with Crippen LogP contribution in [-0.4, -0.2) is 16.6 Å². The van der Waals surface area contributed by atoms with Gasteiger partial charge in [-0.3, -0.25) is 0 Å². The number of benzene rings is 1. The Morgan fingerprint density at radius 2 is 2.00 bits per heavy atom. The van der Waals surface area contributed by atoms with E-state index in [1.165, 1.54) is 0 Å². The molecule has 0 aliphatic carbocycles. The molecule has 0 bridgehead atoms. The van der Waals surface area contributed by atoms with Gasteiger partial charge >= 0.3 is 0 Å². The van der Waals surface area contributed by atoms with E-state index in [-0.39, 0.29) is 6.61 Å². The van der Waals surface area contributed by atoms with E-state index >= 15 is 0 Å². The SMILES string of the molecule is CCCCN(c1ccccc1)c1cc(CO)c(Cl)cn1. The van der Waals surface area contributed by atoms with Crippen molar-refractivity contribution in [3.8, 4) is 0 Å². The van der Waals surface area contributed by atoms with Gasteiger partial charge < -0.3 is 10.0 Å². The summed E-state index contributed by atoms with van der Waals surface area (Å²) in [5.74, 6) is 0.818. The molecule has 0 aliphatic heterocycles. The van der Waals surface area contributed by atoms with Gasteiger partial charge in [-0.25, -0.2) is 4.98 Å². The fourth-order valence-electron chi connectivity index (χ4n) is 2.04. The van der Waals surface area contributed by atoms with E-state index in [9.17, 15) is 5.11 Å². The molecule has 0 amide bonds. The van der Waals surface area contributed by atoms with Crippen LogP contribution in [0.1, 0.15) is 25.3 Å². The number of rotatable bonds is 6. The van der Waals surface area contributed by atoms with E-state index in [0.717, 1.165) is 30.9 Å². The van der Waals surface area contributed by atoms with Crippen LogP contribution < -0.4 is 4.90 Å². The molecule has 0 spiro atoms. The second-order valence-electron chi connectivity index (χ2n) is 4.63. The van der Waals surface area contributed by atoms with E-state index in [2.05, 4.69) is 28.9 Å². The maximum absolute atomic E-state index is 9.34. The summed E-state index contributed by atoms with van der Waals surface area (Å²) >= 11 is 6.01. The zero-order chi connectivity index (χ0) is 14.4. The Bertz CT molecular complexity index is 545. The molecule has 0 fully saturated rings. The van der Waals surface area contributed by atoms with Gasteiger partial charge in [-0.05, 0) is 24.6 Å². The smallest absolute Gasteiger partial charge is 0.133 e. The van der Waals surface area contributed by atoms with Crippen molar-refractivity contribution in [2.24, 2.45) is 0 Å². The summed E-state index contributed by atoms with van der Waals surface area (Å²) in [5, 5.41) is 9.84. The van der Waals surface area contributed by atoms with Gasteiger partial charge in [-0.15, -0.1) is 0 Å². The lowest BCUT2D eigenvalue weighted by atomic mass is 10.2. The van der Waals surface area contributed by atoms with Crippen LogP contribution >= 0.6 is 11.6 Å². The summed E-state index contributed by atoms with van der Waals surface area (Å²) in [6, 6.07) is 12.0. The van der Waals surface area contributed by atoms with Crippen molar-refractivity contribution in [3.63, 3.8) is 0 Å². The number of halogens is 1. The minimum atomic E-state index is -0.0786. The highest BCUT2D eigenvalue weighted by Gasteiger charge is 2.12. The fourth-order valence-corrected chi connectivity index (χ4v) is 2.20. The summed E-state index contributed by atoms with van der Waals surface area (Å²) in [6.45, 7) is 2.97. The van der Waals surface area contributed by atoms with Crippen molar-refractivity contribution in [2.45, 2.75) is 26.4 Å². The molecule has 4 heteroatoms. The van der Waals surface area contributed by atoms with Crippen LogP contribution in [-0.2, 0) is 6.61 Å². The average Bonchev–Trinajstić information content (AvgIpc) is 2.50. The molecule has 1 N–H and O–H groups in total. The van der Waals surface area contributed by atoms with Crippen LogP contribution in [0.15, 0.2) is 42.6 Å². The molecule has 2 aromatic rings. The van der Waals surface area contributed by atoms with E-state index < -0.39 is 0 Å². The number of pyridine rings is 1. The molecule has 1 aromatic heterocycles. The Morgan fingerprint density at radius 1 is 1.25 bits per heavy atom. The standard InChI is InChI=1S/C16H19ClN2O/c1-2-3-9-19(14-7-5-4-6-8-14)16-10-13(12-20)15(17)11-18-16/h4-8,10-11,20H,2-3,9,12H2,1H3. The van der Waals surface area contributed by atoms with Crippen LogP contribution in [0.4, 0.5) is 11.5 Å². The second kappa shape index (κ2) is 7.27. The minimum Gasteiger partial charge on any atom is -0.392 e. The number of para-hydroxylation sites is 1. The van der Waals surface area contributed by atoms with Crippen LogP contribution in [0.25, 0.3) is 0 Å². The average molecular weight is 291 g/mol. The molecule has 0 unspecified atom stereocenters. The molecule has 0 saturated heterocycles. The quantitative estimate of drug-likeness (QED) is 0.867. The zero-order valence-corrected chi connectivity index (χ0v) is 12.3. The Balaban J connectivity index is 2.36. The number of hydrogen-bond donors (Lipinski definition) is 1. The van der Waals surface area contributed by atoms with Crippen LogP contribution in [0.3, 0.4) is 0 Å². The maximum atomic E-state index is 9.34. The van der Waals surface area contributed by atoms with E-state index in [1.807, 2.05) is 24.3 Å². The van der Waals surface area contributed by atoms with Gasteiger partial charge in [0.25, 0.3) is 0 Å². The molecule has 106 valence electrons. The largest absolute Gasteiger partial charge is 0.392 e. The first-order valence-electron chi connectivity index (χ1n) is 6.84. The van der Waals surface area contributed by atoms with Crippen LogP contribution in [0.2, 0.25) is 5.02 Å². The second-order valence-corrected chi connectivity index (χ2v) is 5.04. The molecule has 0 saturated carbocycles. The number of aliphatic hydroxyl groups excluding tert-OH is 1. The van der Waals surface area contributed by atoms with Crippen LogP contribution in [0.5, 0.6) is 0 Å². The first-order valence-corrected chi connectivity index (χ1v) is 7.22. The van der Waals surface area contributed by atoms with E-state index in [0.29, 0.717) is 10.6 Å². The number of nitrogens with zero attached hydrogens (tertiary/aromatic N) is 2. The third-order valence-electron chi connectivity index (χ3n) is 3.17. The monoisotopic (exact) mass is 290 g/mol. The summed E-state index contributed by atoms with van der Waals surface area (Å²) in [5.41, 5.74) is 1.80. The maximum Gasteiger partial charge on any atom is 0.133 e. The first-order chi connectivity index (χ1) is 9.76. The number of aromatic nitrogens is 1. The van der Waals surface area contributed by atoms with Gasteiger partial charge in [0.2, 0.25) is 0 Å². The molecule has 2 rings (SSSR count). The third kappa shape index (κ3) is 3.50. The summed E-state index contributed by atoms with van der Waals surface area (Å²) < 4.78 is 0. The van der Waals surface area contributed by atoms with Crippen molar-refractivity contribution in [1.82, 2.24) is 4.98 Å². The Labute approximate surface area is 124 Å². The van der Waals surface area contributed by atoms with E-state index in [1.54, 1.807) is 6.20 Å². The van der Waals surface area contributed by atoms with Gasteiger partial charge in [0.15, 0.2) is 0 Å². The number of anilines is 2. The van der Waals surface area contributed by atoms with Crippen molar-refractivity contribution in [1.29, 1.82) is 0 Å². The van der Waals surface area contributed by atoms with Crippen molar-refractivity contribution in [2.75, 3.05) is 11.4 Å². The molecule has 0 aliphatic rings. The van der Waals surface area contributed by atoms with Crippen molar-refractivity contribution in [3.05, 3.63) is 53.2 Å². The van der Waals surface area contributed by atoms with Gasteiger partial charge in [-0.2, -0.15) is 0 Å². The molecular formula is C16H19ClN2O. The van der Waals surface area contributed by atoms with Gasteiger partial charge in [0.1, 0.15) is 5.82 Å². The molecule has 0 radical (unpaired) electrons. The van der Waals surface area contributed by atoms with E-state index in [4.69, 9.17) is 11.6 Å². The third-order valence-corrected chi connectivity index (χ3v) is 3.51. The Hall–Kier alpha value is -1.58. The Kier molecular flexibility index (Phi) is 5.39. The zero-order valence-electron chi connectivity index (χ0n) is 11.6. The Morgan fingerprint density at radius 3 is 2.65 bits per heavy atom. The van der Waals surface area contributed by atoms with Gasteiger partial charge in [0.05, 0.1) is 11.6 Å². The molecule has 20 heavy (non-hydrogen) atoms. The molecule has 0 atom stereocenters. The molecule has 1 aromatic carbocycles. The van der Waals surface area contributed by atoms with Gasteiger partial charge in [-0.1, -0.05) is 43.1 Å². The fraction of sp³-hybridized carbons (Fsp3) is 0.312. The highest BCUT2D eigenvalue weighted by atomic mass is 35.5. The highest BCUT2D eigenvalue weighted by Crippen LogP contribution is 2.27. The lowest BCUT2D eigenvalue weighted by Gasteiger charge is -2.24. The number of aliphatic hydroxyl groups is 1. The van der Waals surface area contributed by atoms with Crippen LogP contribution in [0, 0.1) is 0 Å². The highest BCUT2D eigenvalue weighted by molar-refractivity contribution is 6.31. The normalized spacial score (nSPS) is 10.6.